The average Bonchev–Trinajstić information content (AvgIpc) is 3.23. The van der Waals surface area contributed by atoms with E-state index in [-0.39, 0.29) is 18.4 Å². The number of hydrogen-bond donors (Lipinski definition) is 1. The van der Waals surface area contributed by atoms with Gasteiger partial charge >= 0.3 is 0 Å². The quantitative estimate of drug-likeness (QED) is 0.511. The molecule has 1 N–H and O–H groups in total. The van der Waals surface area contributed by atoms with E-state index in [1.807, 2.05) is 70.2 Å². The Balaban J connectivity index is 1.56. The fourth-order valence-electron chi connectivity index (χ4n) is 3.12. The average molecular weight is 424 g/mol. The lowest BCUT2D eigenvalue weighted by Crippen LogP contribution is -2.26. The van der Waals surface area contributed by atoms with Crippen LogP contribution in [0.15, 0.2) is 46.9 Å². The molecule has 0 fully saturated rings. The number of aryl methyl sites for hydroxylation is 2. The van der Waals surface area contributed by atoms with Crippen LogP contribution in [0.3, 0.4) is 0 Å². The predicted octanol–water partition coefficient (Wildman–Crippen LogP) is 4.65. The maximum Gasteiger partial charge on any atom is 0.247 e. The van der Waals surface area contributed by atoms with Gasteiger partial charge in [-0.15, -0.1) is 10.2 Å². The molecule has 0 bridgehead atoms. The van der Waals surface area contributed by atoms with Crippen LogP contribution >= 0.6 is 0 Å². The van der Waals surface area contributed by atoms with Crippen molar-refractivity contribution in [2.75, 3.05) is 13.2 Å². The highest BCUT2D eigenvalue weighted by Crippen LogP contribution is 2.30. The van der Waals surface area contributed by atoms with E-state index in [9.17, 15) is 4.79 Å². The summed E-state index contributed by atoms with van der Waals surface area (Å²) >= 11 is 0. The Kier molecular flexibility index (Phi) is 7.65. The van der Waals surface area contributed by atoms with Crippen LogP contribution in [0.1, 0.15) is 50.3 Å². The third kappa shape index (κ3) is 6.07. The number of rotatable bonds is 10. The fourth-order valence-corrected chi connectivity index (χ4v) is 3.12. The van der Waals surface area contributed by atoms with Gasteiger partial charge in [0, 0.05) is 18.4 Å². The van der Waals surface area contributed by atoms with Crippen LogP contribution in [-0.4, -0.2) is 29.3 Å². The molecule has 1 aromatic heterocycles. The third-order valence-corrected chi connectivity index (χ3v) is 4.78. The lowest BCUT2D eigenvalue weighted by atomic mass is 10.1. The summed E-state index contributed by atoms with van der Waals surface area (Å²) in [5, 5.41) is 11.1. The Hall–Kier alpha value is -3.35. The Bertz CT molecular complexity index is 998. The molecule has 1 unspecified atom stereocenters. The van der Waals surface area contributed by atoms with Crippen LogP contribution in [0, 0.1) is 6.92 Å². The van der Waals surface area contributed by atoms with E-state index >= 15 is 0 Å². The van der Waals surface area contributed by atoms with Crippen LogP contribution in [0.25, 0.3) is 11.5 Å². The summed E-state index contributed by atoms with van der Waals surface area (Å²) in [5.74, 6) is 2.19. The van der Waals surface area contributed by atoms with E-state index in [1.165, 1.54) is 0 Å². The zero-order chi connectivity index (χ0) is 22.2. The summed E-state index contributed by atoms with van der Waals surface area (Å²) in [7, 11) is 0. The van der Waals surface area contributed by atoms with E-state index in [0.29, 0.717) is 42.9 Å². The van der Waals surface area contributed by atoms with E-state index in [0.717, 1.165) is 16.7 Å². The molecule has 31 heavy (non-hydrogen) atoms. The van der Waals surface area contributed by atoms with E-state index in [2.05, 4.69) is 15.5 Å². The van der Waals surface area contributed by atoms with Gasteiger partial charge in [0.2, 0.25) is 17.7 Å². The second-order valence-corrected chi connectivity index (χ2v) is 7.23. The molecule has 0 aliphatic heterocycles. The number of amides is 1. The van der Waals surface area contributed by atoms with E-state index < -0.39 is 0 Å². The van der Waals surface area contributed by atoms with Crippen LogP contribution < -0.4 is 14.8 Å². The zero-order valence-electron chi connectivity index (χ0n) is 18.5. The van der Waals surface area contributed by atoms with Crippen molar-refractivity contribution < 1.29 is 18.7 Å². The minimum atomic E-state index is -0.173. The molecule has 1 atom stereocenters. The number of carbonyl (C=O) groups excluding carboxylic acids is 1. The highest BCUT2D eigenvalue weighted by Gasteiger charge is 2.15. The van der Waals surface area contributed by atoms with Crippen molar-refractivity contribution in [2.24, 2.45) is 0 Å². The first-order valence-corrected chi connectivity index (χ1v) is 10.6. The van der Waals surface area contributed by atoms with Gasteiger partial charge < -0.3 is 19.2 Å². The van der Waals surface area contributed by atoms with Gasteiger partial charge in [0.15, 0.2) is 11.5 Å². The highest BCUT2D eigenvalue weighted by atomic mass is 16.5. The minimum Gasteiger partial charge on any atom is -0.490 e. The van der Waals surface area contributed by atoms with Gasteiger partial charge in [-0.1, -0.05) is 23.8 Å². The lowest BCUT2D eigenvalue weighted by molar-refractivity contribution is -0.121. The summed E-state index contributed by atoms with van der Waals surface area (Å²) in [5.41, 5.74) is 2.97. The second kappa shape index (κ2) is 10.6. The van der Waals surface area contributed by atoms with Crippen molar-refractivity contribution in [3.05, 3.63) is 59.5 Å². The van der Waals surface area contributed by atoms with Gasteiger partial charge in [-0.25, -0.2) is 0 Å². The number of benzene rings is 2. The van der Waals surface area contributed by atoms with Gasteiger partial charge in [-0.2, -0.15) is 0 Å². The highest BCUT2D eigenvalue weighted by molar-refractivity contribution is 5.76. The smallest absolute Gasteiger partial charge is 0.247 e. The van der Waals surface area contributed by atoms with Gasteiger partial charge in [-0.05, 0) is 57.5 Å². The molecule has 3 rings (SSSR count). The SMILES string of the molecule is CCOc1ccc(C(C)NC(=O)CCc2nnc(-c3ccc(C)cc3)o2)cc1OCC. The molecule has 3 aromatic rings. The summed E-state index contributed by atoms with van der Waals surface area (Å²) < 4.78 is 17.0. The Labute approximate surface area is 182 Å². The van der Waals surface area contributed by atoms with Crippen molar-refractivity contribution in [1.29, 1.82) is 0 Å². The summed E-state index contributed by atoms with van der Waals surface area (Å²) in [6, 6.07) is 13.4. The maximum atomic E-state index is 12.4. The molecule has 0 saturated heterocycles. The van der Waals surface area contributed by atoms with Crippen LogP contribution in [-0.2, 0) is 11.2 Å². The van der Waals surface area contributed by atoms with Crippen molar-refractivity contribution in [1.82, 2.24) is 15.5 Å². The molecule has 1 heterocycles. The second-order valence-electron chi connectivity index (χ2n) is 7.23. The summed E-state index contributed by atoms with van der Waals surface area (Å²) in [6.45, 7) is 8.92. The Morgan fingerprint density at radius 1 is 1.03 bits per heavy atom. The molecule has 0 radical (unpaired) electrons. The molecule has 0 saturated carbocycles. The normalized spacial score (nSPS) is 11.7. The van der Waals surface area contributed by atoms with Crippen LogP contribution in [0.2, 0.25) is 0 Å². The third-order valence-electron chi connectivity index (χ3n) is 4.78. The molecule has 0 aliphatic rings. The summed E-state index contributed by atoms with van der Waals surface area (Å²) in [6.07, 6.45) is 0.639. The topological polar surface area (TPSA) is 86.5 Å². The number of carbonyl (C=O) groups is 1. The van der Waals surface area contributed by atoms with Crippen molar-refractivity contribution in [3.8, 4) is 23.0 Å². The van der Waals surface area contributed by atoms with Crippen LogP contribution in [0.5, 0.6) is 11.5 Å². The van der Waals surface area contributed by atoms with Gasteiger partial charge in [0.25, 0.3) is 0 Å². The maximum absolute atomic E-state index is 12.4. The number of aromatic nitrogens is 2. The molecule has 1 amide bonds. The standard InChI is InChI=1S/C24H29N3O4/c1-5-29-20-12-11-19(15-21(20)30-6-2)17(4)25-22(28)13-14-23-26-27-24(31-23)18-9-7-16(3)8-10-18/h7-12,15,17H,5-6,13-14H2,1-4H3,(H,25,28). The van der Waals surface area contributed by atoms with Crippen molar-refractivity contribution >= 4 is 5.91 Å². The van der Waals surface area contributed by atoms with Gasteiger partial charge in [-0.3, -0.25) is 4.79 Å². The van der Waals surface area contributed by atoms with Gasteiger partial charge in [0.05, 0.1) is 19.3 Å². The first-order valence-electron chi connectivity index (χ1n) is 10.6. The molecule has 0 spiro atoms. The zero-order valence-corrected chi connectivity index (χ0v) is 18.5. The predicted molar refractivity (Wildman–Crippen MR) is 118 cm³/mol. The molecular weight excluding hydrogens is 394 g/mol. The first-order chi connectivity index (χ1) is 15.0. The Morgan fingerprint density at radius 2 is 1.74 bits per heavy atom. The number of nitrogens with one attached hydrogen (secondary N) is 1. The monoisotopic (exact) mass is 423 g/mol. The molecule has 164 valence electrons. The molecule has 0 aliphatic carbocycles. The molecule has 7 nitrogen and oxygen atoms in total. The van der Waals surface area contributed by atoms with E-state index in [1.54, 1.807) is 0 Å². The van der Waals surface area contributed by atoms with Crippen molar-refractivity contribution in [2.45, 2.75) is 46.6 Å². The largest absolute Gasteiger partial charge is 0.490 e. The summed E-state index contributed by atoms with van der Waals surface area (Å²) in [4.78, 5) is 12.4. The number of nitrogens with zero attached hydrogens (tertiary/aromatic N) is 2. The lowest BCUT2D eigenvalue weighted by Gasteiger charge is -2.17. The number of hydrogen-bond acceptors (Lipinski definition) is 6. The fraction of sp³-hybridized carbons (Fsp3) is 0.375. The van der Waals surface area contributed by atoms with Crippen LogP contribution in [0.4, 0.5) is 0 Å². The molecule has 2 aromatic carbocycles. The molecular formula is C24H29N3O4. The Morgan fingerprint density at radius 3 is 2.45 bits per heavy atom. The number of ether oxygens (including phenoxy) is 2. The van der Waals surface area contributed by atoms with Crippen molar-refractivity contribution in [3.63, 3.8) is 0 Å². The van der Waals surface area contributed by atoms with E-state index in [4.69, 9.17) is 13.9 Å². The van der Waals surface area contributed by atoms with Gasteiger partial charge in [0.1, 0.15) is 0 Å². The first kappa shape index (κ1) is 22.3. The molecule has 7 heteroatoms. The minimum absolute atomic E-state index is 0.0885.